The second kappa shape index (κ2) is 5.45. The predicted molar refractivity (Wildman–Crippen MR) is 91.3 cm³/mol. The summed E-state index contributed by atoms with van der Waals surface area (Å²) in [7, 11) is 0. The van der Waals surface area contributed by atoms with E-state index < -0.39 is 5.91 Å². The van der Waals surface area contributed by atoms with Gasteiger partial charge in [-0.2, -0.15) is 0 Å². The Morgan fingerprint density at radius 3 is 2.71 bits per heavy atom. The molecule has 0 atom stereocenters. The normalized spacial score (nSPS) is 11.2. The highest BCUT2D eigenvalue weighted by Gasteiger charge is 2.17. The summed E-state index contributed by atoms with van der Waals surface area (Å²) in [5.41, 5.74) is 8.46. The van der Waals surface area contributed by atoms with Crippen LogP contribution in [0.15, 0.2) is 60.8 Å². The van der Waals surface area contributed by atoms with E-state index in [2.05, 4.69) is 4.98 Å². The van der Waals surface area contributed by atoms with Crippen LogP contribution >= 0.6 is 0 Å². The Morgan fingerprint density at radius 1 is 1.08 bits per heavy atom. The van der Waals surface area contributed by atoms with E-state index in [4.69, 9.17) is 5.73 Å². The van der Waals surface area contributed by atoms with E-state index >= 15 is 0 Å². The summed E-state index contributed by atoms with van der Waals surface area (Å²) in [6, 6.07) is 15.6. The summed E-state index contributed by atoms with van der Waals surface area (Å²) in [4.78, 5) is 16.2. The maximum absolute atomic E-state index is 13.8. The SMILES string of the molecule is NC(=O)c1cccc2c1c1cc(F)ccc1n2Cc1ccccn1. The van der Waals surface area contributed by atoms with Crippen molar-refractivity contribution >= 4 is 27.7 Å². The molecule has 2 N–H and O–H groups in total. The molecule has 4 aromatic rings. The van der Waals surface area contributed by atoms with Gasteiger partial charge in [-0.05, 0) is 42.5 Å². The molecule has 0 aliphatic heterocycles. The number of rotatable bonds is 3. The van der Waals surface area contributed by atoms with Gasteiger partial charge >= 0.3 is 0 Å². The van der Waals surface area contributed by atoms with Crippen LogP contribution in [0, 0.1) is 5.82 Å². The van der Waals surface area contributed by atoms with Gasteiger partial charge < -0.3 is 10.3 Å². The summed E-state index contributed by atoms with van der Waals surface area (Å²) in [6.45, 7) is 0.523. The van der Waals surface area contributed by atoms with E-state index in [1.54, 1.807) is 24.4 Å². The highest BCUT2D eigenvalue weighted by molar-refractivity contribution is 6.17. The summed E-state index contributed by atoms with van der Waals surface area (Å²) < 4.78 is 15.8. The van der Waals surface area contributed by atoms with Gasteiger partial charge in [-0.15, -0.1) is 0 Å². The van der Waals surface area contributed by atoms with Gasteiger partial charge in [0.15, 0.2) is 0 Å². The number of halogens is 1. The van der Waals surface area contributed by atoms with Crippen LogP contribution in [0.4, 0.5) is 4.39 Å². The van der Waals surface area contributed by atoms with Crippen molar-refractivity contribution < 1.29 is 9.18 Å². The lowest BCUT2D eigenvalue weighted by Crippen LogP contribution is -2.11. The third kappa shape index (κ3) is 2.22. The number of pyridine rings is 1. The van der Waals surface area contributed by atoms with Gasteiger partial charge in [0, 0.05) is 28.0 Å². The molecule has 0 saturated heterocycles. The number of fused-ring (bicyclic) bond motifs is 3. The number of hydrogen-bond acceptors (Lipinski definition) is 2. The molecule has 0 unspecified atom stereocenters. The van der Waals surface area contributed by atoms with Crippen LogP contribution < -0.4 is 5.73 Å². The molecule has 4 nitrogen and oxygen atoms in total. The van der Waals surface area contributed by atoms with Gasteiger partial charge in [-0.1, -0.05) is 12.1 Å². The number of hydrogen-bond donors (Lipinski definition) is 1. The lowest BCUT2D eigenvalue weighted by Gasteiger charge is -2.07. The molecule has 1 amide bonds. The standard InChI is InChI=1S/C19H14FN3O/c20-12-7-8-16-15(10-12)18-14(19(21)24)5-3-6-17(18)23(16)11-13-4-1-2-9-22-13/h1-10H,11H2,(H2,21,24). The fraction of sp³-hybridized carbons (Fsp3) is 0.0526. The highest BCUT2D eigenvalue weighted by Crippen LogP contribution is 2.32. The maximum atomic E-state index is 13.8. The highest BCUT2D eigenvalue weighted by atomic mass is 19.1. The van der Waals surface area contributed by atoms with Crippen LogP contribution in [-0.2, 0) is 6.54 Å². The molecule has 2 aromatic carbocycles. The largest absolute Gasteiger partial charge is 0.366 e. The molecular formula is C19H14FN3O. The van der Waals surface area contributed by atoms with E-state index in [0.717, 1.165) is 16.7 Å². The van der Waals surface area contributed by atoms with Gasteiger partial charge in [0.25, 0.3) is 0 Å². The molecule has 0 aliphatic rings. The topological polar surface area (TPSA) is 60.9 Å². The van der Waals surface area contributed by atoms with E-state index in [0.29, 0.717) is 22.9 Å². The van der Waals surface area contributed by atoms with Crippen molar-refractivity contribution in [3.8, 4) is 0 Å². The number of aromatic nitrogens is 2. The number of carbonyl (C=O) groups is 1. The molecule has 2 heterocycles. The van der Waals surface area contributed by atoms with E-state index in [-0.39, 0.29) is 5.82 Å². The Hall–Kier alpha value is -3.21. The molecule has 2 aromatic heterocycles. The average molecular weight is 319 g/mol. The molecule has 0 spiro atoms. The molecule has 118 valence electrons. The molecule has 5 heteroatoms. The van der Waals surface area contributed by atoms with Crippen molar-refractivity contribution in [2.45, 2.75) is 6.54 Å². The quantitative estimate of drug-likeness (QED) is 0.628. The summed E-state index contributed by atoms with van der Waals surface area (Å²) >= 11 is 0. The van der Waals surface area contributed by atoms with E-state index in [1.165, 1.54) is 12.1 Å². The smallest absolute Gasteiger partial charge is 0.249 e. The van der Waals surface area contributed by atoms with Crippen LogP contribution in [0.25, 0.3) is 21.8 Å². The van der Waals surface area contributed by atoms with Crippen molar-refractivity contribution in [3.05, 3.63) is 77.9 Å². The Kier molecular flexibility index (Phi) is 3.27. The van der Waals surface area contributed by atoms with Crippen LogP contribution in [0.1, 0.15) is 16.1 Å². The number of amides is 1. The number of nitrogens with two attached hydrogens (primary N) is 1. The molecule has 0 saturated carbocycles. The Morgan fingerprint density at radius 2 is 1.96 bits per heavy atom. The van der Waals surface area contributed by atoms with Crippen LogP contribution in [0.3, 0.4) is 0 Å². The first-order valence-electron chi connectivity index (χ1n) is 7.55. The summed E-state index contributed by atoms with van der Waals surface area (Å²) in [5.74, 6) is -0.875. The minimum absolute atomic E-state index is 0.348. The van der Waals surface area contributed by atoms with Crippen molar-refractivity contribution in [2.24, 2.45) is 5.73 Å². The minimum Gasteiger partial charge on any atom is -0.366 e. The van der Waals surface area contributed by atoms with E-state index in [1.807, 2.05) is 28.8 Å². The number of benzene rings is 2. The van der Waals surface area contributed by atoms with Crippen LogP contribution in [0.2, 0.25) is 0 Å². The van der Waals surface area contributed by atoms with Gasteiger partial charge in [-0.3, -0.25) is 9.78 Å². The molecule has 0 radical (unpaired) electrons. The molecule has 4 rings (SSSR count). The second-order valence-electron chi connectivity index (χ2n) is 5.63. The molecule has 24 heavy (non-hydrogen) atoms. The Labute approximate surface area is 137 Å². The first-order chi connectivity index (χ1) is 11.6. The van der Waals surface area contributed by atoms with Crippen LogP contribution in [-0.4, -0.2) is 15.5 Å². The molecule has 0 fully saturated rings. The maximum Gasteiger partial charge on any atom is 0.249 e. The van der Waals surface area contributed by atoms with Crippen molar-refractivity contribution in [3.63, 3.8) is 0 Å². The third-order valence-electron chi connectivity index (χ3n) is 4.16. The zero-order valence-electron chi connectivity index (χ0n) is 12.7. The number of primary amides is 1. The van der Waals surface area contributed by atoms with Crippen molar-refractivity contribution in [1.82, 2.24) is 9.55 Å². The Balaban J connectivity index is 2.08. The van der Waals surface area contributed by atoms with E-state index in [9.17, 15) is 9.18 Å². The average Bonchev–Trinajstić information content (AvgIpc) is 2.89. The third-order valence-corrected chi connectivity index (χ3v) is 4.16. The predicted octanol–water partition coefficient (Wildman–Crippen LogP) is 3.48. The molecule has 0 bridgehead atoms. The van der Waals surface area contributed by atoms with Gasteiger partial charge in [0.2, 0.25) is 5.91 Å². The minimum atomic E-state index is -0.526. The molecular weight excluding hydrogens is 305 g/mol. The first kappa shape index (κ1) is 14.4. The monoisotopic (exact) mass is 319 g/mol. The second-order valence-corrected chi connectivity index (χ2v) is 5.63. The lowest BCUT2D eigenvalue weighted by atomic mass is 10.1. The number of carbonyl (C=O) groups excluding carboxylic acids is 1. The van der Waals surface area contributed by atoms with Gasteiger partial charge in [0.05, 0.1) is 17.8 Å². The Bertz CT molecular complexity index is 1070. The van der Waals surface area contributed by atoms with Crippen LogP contribution in [0.5, 0.6) is 0 Å². The first-order valence-corrected chi connectivity index (χ1v) is 7.55. The fourth-order valence-electron chi connectivity index (χ4n) is 3.15. The summed E-state index contributed by atoms with van der Waals surface area (Å²) in [6.07, 6.45) is 1.73. The molecule has 0 aliphatic carbocycles. The lowest BCUT2D eigenvalue weighted by molar-refractivity contribution is 0.100. The summed E-state index contributed by atoms with van der Waals surface area (Å²) in [5, 5.41) is 1.35. The zero-order chi connectivity index (χ0) is 16.7. The van der Waals surface area contributed by atoms with Gasteiger partial charge in [0.1, 0.15) is 5.82 Å². The fourth-order valence-corrected chi connectivity index (χ4v) is 3.15. The zero-order valence-corrected chi connectivity index (χ0v) is 12.7. The number of nitrogens with zero attached hydrogens (tertiary/aromatic N) is 2. The van der Waals surface area contributed by atoms with Gasteiger partial charge in [-0.25, -0.2) is 4.39 Å². The van der Waals surface area contributed by atoms with Crippen molar-refractivity contribution in [1.29, 1.82) is 0 Å². The van der Waals surface area contributed by atoms with Crippen molar-refractivity contribution in [2.75, 3.05) is 0 Å².